The summed E-state index contributed by atoms with van der Waals surface area (Å²) in [7, 11) is 0. The predicted octanol–water partition coefficient (Wildman–Crippen LogP) is 2.48. The Balaban J connectivity index is 2.11. The molecule has 12 heteroatoms. The van der Waals surface area contributed by atoms with Gasteiger partial charge in [0.05, 0.1) is 0 Å². The van der Waals surface area contributed by atoms with Crippen LogP contribution < -0.4 is 0 Å². The molecule has 0 N–H and O–H groups in total. The summed E-state index contributed by atoms with van der Waals surface area (Å²) >= 11 is 0. The van der Waals surface area contributed by atoms with Gasteiger partial charge in [-0.3, -0.25) is 4.99 Å². The molecular weight excluding hydrogens is 384 g/mol. The first-order valence-corrected chi connectivity index (χ1v) is 7.89. The minimum Gasteiger partial charge on any atom is -0.370 e. The van der Waals surface area contributed by atoms with Crippen molar-refractivity contribution in [2.75, 3.05) is 0 Å². The standard InChI is InChI=1S/C18H2N12/c1-21-15-17(23-3)29-13-11(27-15)9-10(26-8(6-20)7(5-19)25-9)12-14(13)30-18(24-4)16(22-2)28-12/h9,14H. The zero-order valence-corrected chi connectivity index (χ0v) is 14.5. The van der Waals surface area contributed by atoms with E-state index in [9.17, 15) is 10.5 Å². The lowest BCUT2D eigenvalue weighted by atomic mass is 9.90. The lowest BCUT2D eigenvalue weighted by molar-refractivity contribution is 0.651. The summed E-state index contributed by atoms with van der Waals surface area (Å²) in [6, 6.07) is 1.54. The largest absolute Gasteiger partial charge is 0.370 e. The lowest BCUT2D eigenvalue weighted by Crippen LogP contribution is -2.28. The average Bonchev–Trinajstić information content (AvgIpc) is 2.81. The normalized spacial score (nSPS) is 20.5. The van der Waals surface area contributed by atoms with E-state index in [2.05, 4.69) is 49.3 Å². The van der Waals surface area contributed by atoms with Crippen LogP contribution in [0.15, 0.2) is 31.4 Å². The maximum atomic E-state index is 9.32. The number of aromatic nitrogens is 2. The first-order valence-electron chi connectivity index (χ1n) is 7.89. The summed E-state index contributed by atoms with van der Waals surface area (Å²) in [4.78, 5) is 38.1. The van der Waals surface area contributed by atoms with Gasteiger partial charge in [-0.25, -0.2) is 4.99 Å². The maximum Gasteiger partial charge on any atom is 0.294 e. The second kappa shape index (κ2) is 6.55. The van der Waals surface area contributed by atoms with Gasteiger partial charge in [0.1, 0.15) is 17.8 Å². The molecule has 2 aliphatic heterocycles. The zero-order chi connectivity index (χ0) is 21.4. The predicted molar refractivity (Wildman–Crippen MR) is 101 cm³/mol. The molecular formula is C18H2N12. The van der Waals surface area contributed by atoms with E-state index in [1.165, 1.54) is 0 Å². The summed E-state index contributed by atoms with van der Waals surface area (Å²) in [5, 5.41) is 18.6. The van der Waals surface area contributed by atoms with Crippen molar-refractivity contribution in [3.63, 3.8) is 0 Å². The van der Waals surface area contributed by atoms with Crippen LogP contribution in [0, 0.1) is 49.0 Å². The van der Waals surface area contributed by atoms with Crippen LogP contribution >= 0.6 is 0 Å². The van der Waals surface area contributed by atoms with Crippen molar-refractivity contribution in [3.05, 3.63) is 68.5 Å². The molecule has 1 aromatic rings. The minimum absolute atomic E-state index is 0.123. The van der Waals surface area contributed by atoms with Crippen LogP contribution in [0.2, 0.25) is 0 Å². The monoisotopic (exact) mass is 386 g/mol. The van der Waals surface area contributed by atoms with E-state index in [0.29, 0.717) is 0 Å². The number of nitriles is 2. The molecule has 0 spiro atoms. The van der Waals surface area contributed by atoms with Crippen molar-refractivity contribution in [1.82, 2.24) is 9.97 Å². The molecule has 0 fully saturated rings. The Morgan fingerprint density at radius 2 is 1.20 bits per heavy atom. The highest BCUT2D eigenvalue weighted by molar-refractivity contribution is 6.54. The first kappa shape index (κ1) is 17.8. The third-order valence-electron chi connectivity index (χ3n) is 4.24. The summed E-state index contributed by atoms with van der Waals surface area (Å²) in [6.07, 6.45) is 0. The van der Waals surface area contributed by atoms with Gasteiger partial charge in [-0.1, -0.05) is 26.3 Å². The molecule has 0 aromatic carbocycles. The molecule has 0 radical (unpaired) electrons. The van der Waals surface area contributed by atoms with E-state index >= 15 is 0 Å². The molecule has 0 bridgehead atoms. The number of nitrogens with zero attached hydrogens (tertiary/aromatic N) is 12. The number of fused-ring (bicyclic) bond motifs is 5. The van der Waals surface area contributed by atoms with Gasteiger partial charge in [0.25, 0.3) is 29.3 Å². The van der Waals surface area contributed by atoms with Crippen molar-refractivity contribution >= 4 is 34.7 Å². The Labute approximate surface area is 168 Å². The number of aliphatic imine (C=N–C) groups is 4. The molecule has 30 heavy (non-hydrogen) atoms. The highest BCUT2D eigenvalue weighted by atomic mass is 15.1. The van der Waals surface area contributed by atoms with Gasteiger partial charge in [-0.2, -0.15) is 10.5 Å². The van der Waals surface area contributed by atoms with Gasteiger partial charge in [-0.15, -0.1) is 20.0 Å². The van der Waals surface area contributed by atoms with Gasteiger partial charge in [-0.05, 0) is 0 Å². The smallest absolute Gasteiger partial charge is 0.294 e. The van der Waals surface area contributed by atoms with Crippen molar-refractivity contribution in [1.29, 1.82) is 10.5 Å². The molecule has 134 valence electrons. The molecule has 1 aromatic heterocycles. The van der Waals surface area contributed by atoms with E-state index in [4.69, 9.17) is 26.3 Å². The maximum absolute atomic E-state index is 9.32. The van der Waals surface area contributed by atoms with Gasteiger partial charge in [0.2, 0.25) is 17.1 Å². The summed E-state index contributed by atoms with van der Waals surface area (Å²) in [5.74, 6) is -1.02. The number of rotatable bonds is 0. The molecule has 3 aliphatic rings. The Hall–Kier alpha value is -5.56. The van der Waals surface area contributed by atoms with Gasteiger partial charge < -0.3 is 19.4 Å². The Kier molecular flexibility index (Phi) is 3.90. The fourth-order valence-electron chi connectivity index (χ4n) is 3.04. The Bertz CT molecular complexity index is 1350. The SMILES string of the molecule is [C-]#[N+]C1=NC2=C3N=C(C#N)C(C#N)=NC3c3nc([N+]#[C-])c([N+]#[C-])nc3C2N=C1[N+]#[C-]. The van der Waals surface area contributed by atoms with Gasteiger partial charge >= 0.3 is 0 Å². The molecule has 0 saturated heterocycles. The molecule has 0 saturated carbocycles. The van der Waals surface area contributed by atoms with Gasteiger partial charge in [0.15, 0.2) is 17.5 Å². The Morgan fingerprint density at radius 3 is 1.70 bits per heavy atom. The first-order chi connectivity index (χ1) is 14.6. The lowest BCUT2D eigenvalue weighted by Gasteiger charge is -2.24. The highest BCUT2D eigenvalue weighted by Gasteiger charge is 2.50. The molecule has 12 nitrogen and oxygen atoms in total. The van der Waals surface area contributed by atoms with Crippen molar-refractivity contribution in [3.8, 4) is 12.1 Å². The summed E-state index contributed by atoms with van der Waals surface area (Å²) < 4.78 is 0. The average molecular weight is 386 g/mol. The number of amidine groups is 2. The minimum atomic E-state index is -1.02. The summed E-state index contributed by atoms with van der Waals surface area (Å²) in [6.45, 7) is 29.0. The summed E-state index contributed by atoms with van der Waals surface area (Å²) in [5.41, 5.74) is 0.0298. The zero-order valence-electron chi connectivity index (χ0n) is 14.5. The topological polar surface area (TPSA) is 140 Å². The van der Waals surface area contributed by atoms with Crippen LogP contribution in [-0.2, 0) is 0 Å². The molecule has 0 amide bonds. The molecule has 2 unspecified atom stereocenters. The fourth-order valence-corrected chi connectivity index (χ4v) is 3.04. The molecule has 1 aliphatic carbocycles. The number of hydrogen-bond donors (Lipinski definition) is 0. The quantitative estimate of drug-likeness (QED) is 0.632. The third-order valence-corrected chi connectivity index (χ3v) is 4.24. The van der Waals surface area contributed by atoms with Crippen LogP contribution in [-0.4, -0.2) is 33.1 Å². The second-order valence-corrected chi connectivity index (χ2v) is 5.71. The van der Waals surface area contributed by atoms with Crippen LogP contribution in [0.4, 0.5) is 11.6 Å². The molecule has 2 atom stereocenters. The third kappa shape index (κ3) is 2.34. The molecule has 3 heterocycles. The highest BCUT2D eigenvalue weighted by Crippen LogP contribution is 2.48. The van der Waals surface area contributed by atoms with Crippen molar-refractivity contribution in [2.24, 2.45) is 20.0 Å². The van der Waals surface area contributed by atoms with Crippen molar-refractivity contribution < 1.29 is 0 Å². The van der Waals surface area contributed by atoms with E-state index in [1.54, 1.807) is 12.1 Å². The van der Waals surface area contributed by atoms with Crippen LogP contribution in [0.5, 0.6) is 0 Å². The van der Waals surface area contributed by atoms with Gasteiger partial charge in [0, 0.05) is 0 Å². The fraction of sp³-hybridized carbons (Fsp3) is 0.111. The van der Waals surface area contributed by atoms with E-state index in [1.807, 2.05) is 0 Å². The number of hydrogen-bond acceptors (Lipinski definition) is 8. The van der Waals surface area contributed by atoms with E-state index < -0.39 is 12.1 Å². The molecule has 4 rings (SSSR count). The van der Waals surface area contributed by atoms with E-state index in [0.717, 1.165) is 0 Å². The van der Waals surface area contributed by atoms with Crippen LogP contribution in [0.1, 0.15) is 23.5 Å². The van der Waals surface area contributed by atoms with Crippen LogP contribution in [0.3, 0.4) is 0 Å². The van der Waals surface area contributed by atoms with Crippen molar-refractivity contribution in [2.45, 2.75) is 12.1 Å². The second-order valence-electron chi connectivity index (χ2n) is 5.71. The Morgan fingerprint density at radius 1 is 0.667 bits per heavy atom. The van der Waals surface area contributed by atoms with E-state index in [-0.39, 0.29) is 57.5 Å². The van der Waals surface area contributed by atoms with Crippen LogP contribution in [0.25, 0.3) is 19.4 Å².